The first-order valence-electron chi connectivity index (χ1n) is 8.02. The highest BCUT2D eigenvalue weighted by Crippen LogP contribution is 2.26. The molecule has 1 aliphatic heterocycles. The van der Waals surface area contributed by atoms with Gasteiger partial charge in [0.15, 0.2) is 0 Å². The van der Waals surface area contributed by atoms with E-state index in [4.69, 9.17) is 5.41 Å². The zero-order chi connectivity index (χ0) is 17.9. The van der Waals surface area contributed by atoms with Gasteiger partial charge >= 0.3 is 0 Å². The van der Waals surface area contributed by atoms with Crippen molar-refractivity contribution in [2.45, 2.75) is 34.6 Å². The maximum absolute atomic E-state index is 7.98. The summed E-state index contributed by atoms with van der Waals surface area (Å²) >= 11 is 0. The highest BCUT2D eigenvalue weighted by atomic mass is 15.1. The van der Waals surface area contributed by atoms with Gasteiger partial charge in [0, 0.05) is 29.4 Å². The van der Waals surface area contributed by atoms with Crippen LogP contribution in [-0.2, 0) is 0 Å². The van der Waals surface area contributed by atoms with Gasteiger partial charge in [-0.3, -0.25) is 4.99 Å². The lowest BCUT2D eigenvalue weighted by Gasteiger charge is -2.25. The summed E-state index contributed by atoms with van der Waals surface area (Å²) < 4.78 is 0. The number of nitrogens with one attached hydrogen (secondary N) is 1. The molecule has 0 saturated heterocycles. The molecule has 0 unspecified atom stereocenters. The Hall–Kier alpha value is -2.68. The van der Waals surface area contributed by atoms with Gasteiger partial charge in [-0.05, 0) is 51.3 Å². The maximum atomic E-state index is 7.98. The van der Waals surface area contributed by atoms with Crippen LogP contribution < -0.4 is 0 Å². The number of rotatable bonds is 4. The van der Waals surface area contributed by atoms with Gasteiger partial charge in [-0.25, -0.2) is 0 Å². The Morgan fingerprint density at radius 2 is 1.58 bits per heavy atom. The van der Waals surface area contributed by atoms with Crippen molar-refractivity contribution in [1.29, 1.82) is 5.41 Å². The number of aliphatic imine (C=N–C) groups is 1. The molecule has 0 radical (unpaired) electrons. The van der Waals surface area contributed by atoms with Crippen molar-refractivity contribution in [3.05, 3.63) is 71.3 Å². The van der Waals surface area contributed by atoms with E-state index < -0.39 is 0 Å². The number of allylic oxidation sites excluding steroid dienone is 5. The van der Waals surface area contributed by atoms with Crippen LogP contribution in [0.4, 0.5) is 0 Å². The van der Waals surface area contributed by atoms with Crippen LogP contribution in [0.3, 0.4) is 0 Å². The predicted molar refractivity (Wildman–Crippen MR) is 105 cm³/mol. The van der Waals surface area contributed by atoms with Gasteiger partial charge in [-0.2, -0.15) is 0 Å². The largest absolute Gasteiger partial charge is 0.318 e. The molecule has 3 heteroatoms. The Labute approximate surface area is 144 Å². The number of hydrogen-bond donors (Lipinski definition) is 1. The second-order valence-corrected chi connectivity index (χ2v) is 6.23. The molecular weight excluding hydrogens is 294 g/mol. The third-order valence-corrected chi connectivity index (χ3v) is 4.22. The second-order valence-electron chi connectivity index (χ2n) is 6.23. The molecule has 1 N–H and O–H groups in total. The van der Waals surface area contributed by atoms with Crippen molar-refractivity contribution in [1.82, 2.24) is 4.90 Å². The molecule has 0 amide bonds. The summed E-state index contributed by atoms with van der Waals surface area (Å²) in [6, 6.07) is 8.42. The van der Waals surface area contributed by atoms with E-state index in [-0.39, 0.29) is 0 Å². The Morgan fingerprint density at radius 3 is 2.08 bits per heavy atom. The first-order chi connectivity index (χ1) is 11.3. The fourth-order valence-corrected chi connectivity index (χ4v) is 2.88. The van der Waals surface area contributed by atoms with Crippen LogP contribution in [0.2, 0.25) is 0 Å². The molecule has 1 aromatic rings. The molecule has 0 spiro atoms. The monoisotopic (exact) mass is 319 g/mol. The van der Waals surface area contributed by atoms with E-state index in [1.165, 1.54) is 5.57 Å². The predicted octanol–water partition coefficient (Wildman–Crippen LogP) is 5.64. The van der Waals surface area contributed by atoms with E-state index in [1.54, 1.807) is 12.4 Å². The Kier molecular flexibility index (Phi) is 5.35. The molecule has 3 nitrogen and oxygen atoms in total. The normalized spacial score (nSPS) is 14.5. The zero-order valence-corrected chi connectivity index (χ0v) is 15.1. The lowest BCUT2D eigenvalue weighted by atomic mass is 9.95. The minimum Gasteiger partial charge on any atom is -0.318 e. The molecule has 0 fully saturated rings. The van der Waals surface area contributed by atoms with Gasteiger partial charge < -0.3 is 10.3 Å². The Balaban J connectivity index is 2.37. The average molecular weight is 319 g/mol. The zero-order valence-electron chi connectivity index (χ0n) is 15.1. The van der Waals surface area contributed by atoms with Crippen LogP contribution >= 0.6 is 0 Å². The Morgan fingerprint density at radius 1 is 1.00 bits per heavy atom. The highest BCUT2D eigenvalue weighted by molar-refractivity contribution is 6.21. The molecule has 1 aliphatic rings. The fourth-order valence-electron chi connectivity index (χ4n) is 2.88. The van der Waals surface area contributed by atoms with E-state index in [1.807, 2.05) is 31.9 Å². The van der Waals surface area contributed by atoms with Crippen molar-refractivity contribution in [3.63, 3.8) is 0 Å². The van der Waals surface area contributed by atoms with Crippen molar-refractivity contribution in [2.24, 2.45) is 4.99 Å². The lowest BCUT2D eigenvalue weighted by molar-refractivity contribution is 0.605. The molecule has 124 valence electrons. The smallest absolute Gasteiger partial charge is 0.0563 e. The third-order valence-electron chi connectivity index (χ3n) is 4.22. The molecule has 1 heterocycles. The average Bonchev–Trinajstić information content (AvgIpc) is 2.54. The van der Waals surface area contributed by atoms with Crippen LogP contribution in [0.5, 0.6) is 0 Å². The van der Waals surface area contributed by atoms with E-state index in [2.05, 4.69) is 49.7 Å². The minimum atomic E-state index is 0.597. The third kappa shape index (κ3) is 3.62. The fraction of sp³-hybridized carbons (Fsp3) is 0.238. The van der Waals surface area contributed by atoms with Crippen molar-refractivity contribution < 1.29 is 0 Å². The summed E-state index contributed by atoms with van der Waals surface area (Å²) in [6.45, 7) is 14.2. The lowest BCUT2D eigenvalue weighted by Crippen LogP contribution is -2.17. The molecule has 0 saturated carbocycles. The molecule has 0 atom stereocenters. The van der Waals surface area contributed by atoms with Gasteiger partial charge in [0.05, 0.1) is 11.9 Å². The Bertz CT molecular complexity index is 783. The van der Waals surface area contributed by atoms with Crippen LogP contribution in [0.15, 0.2) is 65.2 Å². The van der Waals surface area contributed by atoms with Gasteiger partial charge in [-0.1, -0.05) is 36.4 Å². The maximum Gasteiger partial charge on any atom is 0.0563 e. The molecular formula is C21H25N3. The molecule has 1 aromatic carbocycles. The van der Waals surface area contributed by atoms with Gasteiger partial charge in [0.1, 0.15) is 0 Å². The van der Waals surface area contributed by atoms with Gasteiger partial charge in [0.25, 0.3) is 0 Å². The summed E-state index contributed by atoms with van der Waals surface area (Å²) in [5.41, 5.74) is 8.20. The summed E-state index contributed by atoms with van der Waals surface area (Å²) in [6.07, 6.45) is 5.45. The molecule has 0 bridgehead atoms. The standard InChI is InChI=1S/C21H25N3/c1-14(2)21(17(5)22)20-9-7-19(8-10-20)16(4)18(6)24-12-11-23-13-15(24)3/h7-13,22H,3H2,1-2,4-6H3/b18-16+,22-17?. The molecule has 2 rings (SSSR count). The molecule has 24 heavy (non-hydrogen) atoms. The van der Waals surface area contributed by atoms with Crippen molar-refractivity contribution >= 4 is 23.1 Å². The SMILES string of the molecule is C=C1C=NC=CN1/C(C)=C(\C)c1ccc(C(C(C)=N)=C(C)C)cc1. The van der Waals surface area contributed by atoms with Crippen LogP contribution in [0, 0.1) is 5.41 Å². The van der Waals surface area contributed by atoms with E-state index >= 15 is 0 Å². The topological polar surface area (TPSA) is 39.5 Å². The van der Waals surface area contributed by atoms with Crippen molar-refractivity contribution in [2.75, 3.05) is 0 Å². The van der Waals surface area contributed by atoms with E-state index in [9.17, 15) is 0 Å². The summed E-state index contributed by atoms with van der Waals surface area (Å²) in [4.78, 5) is 6.13. The molecule has 0 aliphatic carbocycles. The van der Waals surface area contributed by atoms with E-state index in [0.717, 1.165) is 33.7 Å². The van der Waals surface area contributed by atoms with Crippen LogP contribution in [-0.4, -0.2) is 16.8 Å². The second kappa shape index (κ2) is 7.26. The summed E-state index contributed by atoms with van der Waals surface area (Å²) in [5, 5.41) is 7.98. The van der Waals surface area contributed by atoms with E-state index in [0.29, 0.717) is 5.71 Å². The first kappa shape index (κ1) is 17.7. The van der Waals surface area contributed by atoms with Crippen LogP contribution in [0.25, 0.3) is 11.1 Å². The number of hydrogen-bond acceptors (Lipinski definition) is 3. The first-order valence-corrected chi connectivity index (χ1v) is 8.02. The number of nitrogens with zero attached hydrogens (tertiary/aromatic N) is 2. The quantitative estimate of drug-likeness (QED) is 0.716. The number of benzene rings is 1. The summed E-state index contributed by atoms with van der Waals surface area (Å²) in [7, 11) is 0. The summed E-state index contributed by atoms with van der Waals surface area (Å²) in [5.74, 6) is 0. The van der Waals surface area contributed by atoms with Gasteiger partial charge in [0.2, 0.25) is 0 Å². The van der Waals surface area contributed by atoms with Crippen LogP contribution in [0.1, 0.15) is 45.7 Å². The minimum absolute atomic E-state index is 0.597. The molecule has 0 aromatic heterocycles. The van der Waals surface area contributed by atoms with Gasteiger partial charge in [-0.15, -0.1) is 0 Å². The van der Waals surface area contributed by atoms with Crippen molar-refractivity contribution in [3.8, 4) is 0 Å². The highest BCUT2D eigenvalue weighted by Gasteiger charge is 2.12.